The van der Waals surface area contributed by atoms with Crippen LogP contribution in [0.2, 0.25) is 0 Å². The summed E-state index contributed by atoms with van der Waals surface area (Å²) in [6.45, 7) is 17.5. The van der Waals surface area contributed by atoms with Gasteiger partial charge in [-0.25, -0.2) is 39.1 Å². The normalized spacial score (nSPS) is 12.2. The Morgan fingerprint density at radius 3 is 1.17 bits per heavy atom. The number of hydrogen-bond acceptors (Lipinski definition) is 12. The van der Waals surface area contributed by atoms with Gasteiger partial charge in [0.15, 0.2) is 11.6 Å². The molecule has 2 N–H and O–H groups in total. The molecular weight excluding hydrogens is 1010 g/mol. The Labute approximate surface area is 448 Å². The fourth-order valence-electron chi connectivity index (χ4n) is 7.25. The van der Waals surface area contributed by atoms with Gasteiger partial charge in [-0.1, -0.05) is 154 Å². The fraction of sp³-hybridized carbons (Fsp3) is 0.300. The summed E-state index contributed by atoms with van der Waals surface area (Å²) in [5.41, 5.74) is 7.07. The standard InChI is InChI=1S/C35H39N3O4.C25H26BrN3O4/c1-34(2,3)29-18-16-26(17-19-29)28-21-36-31(37-22-28)27-14-12-24(13-15-27)20-30(32(39)42-35(4,5)6)38-33(40)41-23-25-10-8-7-9-11-25;1-25(2,3)33-23(30)21(29-24(31)32-16-18-7-5-4-6-8-18)13-17-9-11-19(12-10-17)22-27-14-20(26)15-28-22/h7-19,21-22,30H,20,23H2,1-6H3,(H,38,40);4-12,14-15,21H,13,16H2,1-3H3,(H,29,31)/t30-;21-/m00/s1. The Bertz CT molecular complexity index is 2940. The number of aromatic nitrogens is 4. The monoisotopic (exact) mass is 1080 g/mol. The van der Waals surface area contributed by atoms with Gasteiger partial charge in [0.1, 0.15) is 36.5 Å². The van der Waals surface area contributed by atoms with E-state index in [-0.39, 0.29) is 31.5 Å². The number of rotatable bonds is 15. The van der Waals surface area contributed by atoms with Crippen LogP contribution in [-0.4, -0.2) is 67.3 Å². The van der Waals surface area contributed by atoms with Gasteiger partial charge in [0.2, 0.25) is 0 Å². The predicted molar refractivity (Wildman–Crippen MR) is 293 cm³/mol. The van der Waals surface area contributed by atoms with Gasteiger partial charge in [0.25, 0.3) is 0 Å². The molecule has 0 unspecified atom stereocenters. The van der Waals surface area contributed by atoms with E-state index in [1.165, 1.54) is 5.56 Å². The molecule has 0 aliphatic carbocycles. The molecule has 15 heteroatoms. The Kier molecular flexibility index (Phi) is 19.5. The van der Waals surface area contributed by atoms with E-state index in [0.29, 0.717) is 11.6 Å². The summed E-state index contributed by atoms with van der Waals surface area (Å²) < 4.78 is 22.5. The second-order valence-electron chi connectivity index (χ2n) is 20.7. The maximum Gasteiger partial charge on any atom is 0.408 e. The van der Waals surface area contributed by atoms with Crippen molar-refractivity contribution >= 4 is 40.1 Å². The maximum atomic E-state index is 13.0. The first-order valence-electron chi connectivity index (χ1n) is 24.6. The first-order chi connectivity index (χ1) is 35.6. The van der Waals surface area contributed by atoms with Gasteiger partial charge in [-0.3, -0.25) is 0 Å². The summed E-state index contributed by atoms with van der Waals surface area (Å²) in [4.78, 5) is 68.4. The van der Waals surface area contributed by atoms with E-state index in [0.717, 1.165) is 49.0 Å². The molecule has 0 saturated heterocycles. The zero-order chi connectivity index (χ0) is 54.2. The maximum absolute atomic E-state index is 13.0. The molecule has 0 radical (unpaired) electrons. The number of nitrogens with zero attached hydrogens (tertiary/aromatic N) is 4. The van der Waals surface area contributed by atoms with Crippen molar-refractivity contribution in [1.82, 2.24) is 30.6 Å². The van der Waals surface area contributed by atoms with E-state index in [4.69, 9.17) is 18.9 Å². The van der Waals surface area contributed by atoms with Crippen LogP contribution in [0, 0.1) is 0 Å². The lowest BCUT2D eigenvalue weighted by molar-refractivity contribution is -0.158. The Morgan fingerprint density at radius 1 is 0.453 bits per heavy atom. The molecular formula is C60H65BrN6O8. The quantitative estimate of drug-likeness (QED) is 0.0734. The fourth-order valence-corrected chi connectivity index (χ4v) is 7.45. The van der Waals surface area contributed by atoms with Gasteiger partial charge in [0, 0.05) is 54.3 Å². The smallest absolute Gasteiger partial charge is 0.408 e. The third-order valence-electron chi connectivity index (χ3n) is 11.1. The van der Waals surface area contributed by atoms with Crippen LogP contribution in [-0.2, 0) is 60.0 Å². The van der Waals surface area contributed by atoms with Crippen LogP contribution < -0.4 is 10.6 Å². The van der Waals surface area contributed by atoms with E-state index in [9.17, 15) is 19.2 Å². The van der Waals surface area contributed by atoms with Crippen molar-refractivity contribution in [3.05, 3.63) is 191 Å². The van der Waals surface area contributed by atoms with Crippen LogP contribution in [0.4, 0.5) is 9.59 Å². The molecule has 7 aromatic rings. The highest BCUT2D eigenvalue weighted by atomic mass is 79.9. The van der Waals surface area contributed by atoms with Crippen LogP contribution in [0.15, 0.2) is 163 Å². The molecule has 2 aromatic heterocycles. The number of ether oxygens (including phenoxy) is 4. The van der Waals surface area contributed by atoms with Crippen LogP contribution in [0.5, 0.6) is 0 Å². The van der Waals surface area contributed by atoms with Crippen molar-refractivity contribution in [2.45, 2.75) is 117 Å². The first-order valence-corrected chi connectivity index (χ1v) is 25.4. The van der Waals surface area contributed by atoms with Crippen molar-refractivity contribution < 1.29 is 38.1 Å². The number of benzene rings is 5. The number of hydrogen-bond donors (Lipinski definition) is 2. The molecule has 2 atom stereocenters. The minimum atomic E-state index is -0.918. The number of alkyl carbamates (subject to hydrolysis) is 2. The highest BCUT2D eigenvalue weighted by Crippen LogP contribution is 2.27. The number of carbonyl (C=O) groups is 4. The van der Waals surface area contributed by atoms with Crippen molar-refractivity contribution in [3.63, 3.8) is 0 Å². The molecule has 5 aromatic carbocycles. The molecule has 75 heavy (non-hydrogen) atoms. The zero-order valence-electron chi connectivity index (χ0n) is 43.9. The Balaban J connectivity index is 0.000000251. The topological polar surface area (TPSA) is 181 Å². The number of amides is 2. The highest BCUT2D eigenvalue weighted by molar-refractivity contribution is 9.10. The van der Waals surface area contributed by atoms with Crippen molar-refractivity contribution in [2.75, 3.05) is 0 Å². The molecule has 2 amide bonds. The summed E-state index contributed by atoms with van der Waals surface area (Å²) in [6.07, 6.45) is 6.12. The van der Waals surface area contributed by atoms with Gasteiger partial charge < -0.3 is 29.6 Å². The molecule has 0 fully saturated rings. The van der Waals surface area contributed by atoms with Gasteiger partial charge >= 0.3 is 24.1 Å². The zero-order valence-corrected chi connectivity index (χ0v) is 45.5. The molecule has 0 spiro atoms. The van der Waals surface area contributed by atoms with E-state index in [1.807, 2.05) is 122 Å². The van der Waals surface area contributed by atoms with Crippen molar-refractivity contribution in [2.24, 2.45) is 0 Å². The van der Waals surface area contributed by atoms with E-state index >= 15 is 0 Å². The van der Waals surface area contributed by atoms with Crippen molar-refractivity contribution in [3.8, 4) is 33.9 Å². The minimum Gasteiger partial charge on any atom is -0.458 e. The number of nitrogens with one attached hydrogen (secondary N) is 2. The molecule has 14 nitrogen and oxygen atoms in total. The molecule has 390 valence electrons. The largest absolute Gasteiger partial charge is 0.458 e. The lowest BCUT2D eigenvalue weighted by Crippen LogP contribution is -2.45. The van der Waals surface area contributed by atoms with E-state index in [1.54, 1.807) is 53.9 Å². The van der Waals surface area contributed by atoms with Crippen LogP contribution in [0.25, 0.3) is 33.9 Å². The van der Waals surface area contributed by atoms with Crippen LogP contribution in [0.1, 0.15) is 90.1 Å². The number of halogens is 1. The first kappa shape index (κ1) is 56.5. The number of carbonyl (C=O) groups excluding carboxylic acids is 4. The summed E-state index contributed by atoms with van der Waals surface area (Å²) in [5, 5.41) is 5.32. The molecule has 0 saturated carbocycles. The summed E-state index contributed by atoms with van der Waals surface area (Å²) in [6, 6.07) is 40.4. The highest BCUT2D eigenvalue weighted by Gasteiger charge is 2.29. The Morgan fingerprint density at radius 2 is 0.813 bits per heavy atom. The predicted octanol–water partition coefficient (Wildman–Crippen LogP) is 12.4. The lowest BCUT2D eigenvalue weighted by atomic mass is 9.86. The summed E-state index contributed by atoms with van der Waals surface area (Å²) >= 11 is 3.32. The van der Waals surface area contributed by atoms with Gasteiger partial charge in [-0.05, 0) is 96.3 Å². The van der Waals surface area contributed by atoms with Crippen LogP contribution >= 0.6 is 15.9 Å². The second-order valence-corrected chi connectivity index (χ2v) is 21.6. The average Bonchev–Trinajstić information content (AvgIpc) is 3.37. The molecule has 7 rings (SSSR count). The minimum absolute atomic E-state index is 0.0969. The summed E-state index contributed by atoms with van der Waals surface area (Å²) in [7, 11) is 0. The molecule has 0 aliphatic heterocycles. The second kappa shape index (κ2) is 25.9. The summed E-state index contributed by atoms with van der Waals surface area (Å²) in [5.74, 6) is 0.135. The van der Waals surface area contributed by atoms with Crippen molar-refractivity contribution in [1.29, 1.82) is 0 Å². The van der Waals surface area contributed by atoms with Gasteiger partial charge in [0.05, 0.1) is 4.47 Å². The molecule has 0 aliphatic rings. The van der Waals surface area contributed by atoms with Gasteiger partial charge in [-0.15, -0.1) is 0 Å². The van der Waals surface area contributed by atoms with E-state index in [2.05, 4.69) is 91.5 Å². The molecule has 0 bridgehead atoms. The lowest BCUT2D eigenvalue weighted by Gasteiger charge is -2.24. The third kappa shape index (κ3) is 18.9. The molecule has 2 heterocycles. The number of esters is 2. The third-order valence-corrected chi connectivity index (χ3v) is 11.5. The van der Waals surface area contributed by atoms with Crippen LogP contribution in [0.3, 0.4) is 0 Å². The Hall–Kier alpha value is -7.78. The van der Waals surface area contributed by atoms with E-state index < -0.39 is 47.4 Å². The SMILES string of the molecule is CC(C)(C)OC(=O)[C@H](Cc1ccc(-c2ncc(-c3ccc(C(C)(C)C)cc3)cn2)cc1)NC(=O)OCc1ccccc1.CC(C)(C)OC(=O)[C@H](Cc1ccc(-c2ncc(Br)cn2)cc1)NC(=O)OCc1ccccc1. The van der Waals surface area contributed by atoms with Gasteiger partial charge in [-0.2, -0.15) is 0 Å². The average molecular weight is 1080 g/mol.